The molecule has 0 spiro atoms. The van der Waals surface area contributed by atoms with Crippen LogP contribution in [0.2, 0.25) is 0 Å². The van der Waals surface area contributed by atoms with Crippen LogP contribution in [-0.2, 0) is 9.53 Å². The molecule has 0 N–H and O–H groups in total. The number of carbonyl (C=O) groups is 1. The Labute approximate surface area is 114 Å². The lowest BCUT2D eigenvalue weighted by Crippen LogP contribution is -2.10. The summed E-state index contributed by atoms with van der Waals surface area (Å²) in [6, 6.07) is 9.77. The van der Waals surface area contributed by atoms with E-state index in [0.717, 1.165) is 17.6 Å². The summed E-state index contributed by atoms with van der Waals surface area (Å²) in [6.07, 6.45) is 9.40. The van der Waals surface area contributed by atoms with Crippen LogP contribution in [0.15, 0.2) is 59.9 Å². The summed E-state index contributed by atoms with van der Waals surface area (Å²) in [5.41, 5.74) is 1.80. The summed E-state index contributed by atoms with van der Waals surface area (Å²) >= 11 is 0. The summed E-state index contributed by atoms with van der Waals surface area (Å²) in [5, 5.41) is 0. The fourth-order valence-electron chi connectivity index (χ4n) is 1.97. The van der Waals surface area contributed by atoms with Crippen molar-refractivity contribution in [1.29, 1.82) is 0 Å². The highest BCUT2D eigenvalue weighted by Gasteiger charge is 2.16. The zero-order valence-electron chi connectivity index (χ0n) is 11.1. The standard InChI is InChI=1S/C17H18O2/c1-2-19-16(13-14-9-5-3-6-10-14)17(18)15-11-7-4-8-12-15/h3-7,9-10,12-13H,2,8,11H2,1H3. The van der Waals surface area contributed by atoms with E-state index in [1.807, 2.05) is 55.5 Å². The van der Waals surface area contributed by atoms with Gasteiger partial charge < -0.3 is 4.74 Å². The maximum atomic E-state index is 12.4. The lowest BCUT2D eigenvalue weighted by Gasteiger charge is -2.11. The number of benzene rings is 1. The van der Waals surface area contributed by atoms with Gasteiger partial charge in [-0.1, -0.05) is 48.6 Å². The van der Waals surface area contributed by atoms with Crippen molar-refractivity contribution in [3.05, 3.63) is 65.5 Å². The van der Waals surface area contributed by atoms with Crippen molar-refractivity contribution in [3.8, 4) is 0 Å². The smallest absolute Gasteiger partial charge is 0.223 e. The Kier molecular flexibility index (Phi) is 4.73. The minimum atomic E-state index is -0.00458. The van der Waals surface area contributed by atoms with E-state index in [1.165, 1.54) is 0 Å². The van der Waals surface area contributed by atoms with Gasteiger partial charge in [-0.3, -0.25) is 4.79 Å². The third-order valence-electron chi connectivity index (χ3n) is 2.92. The Morgan fingerprint density at radius 3 is 2.68 bits per heavy atom. The van der Waals surface area contributed by atoms with Gasteiger partial charge in [-0.05, 0) is 31.4 Å². The van der Waals surface area contributed by atoms with Crippen molar-refractivity contribution in [2.24, 2.45) is 0 Å². The Bertz CT molecular complexity index is 521. The molecule has 0 amide bonds. The van der Waals surface area contributed by atoms with Crippen molar-refractivity contribution < 1.29 is 9.53 Å². The minimum Gasteiger partial charge on any atom is -0.490 e. The molecule has 98 valence electrons. The van der Waals surface area contributed by atoms with Gasteiger partial charge >= 0.3 is 0 Å². The summed E-state index contributed by atoms with van der Waals surface area (Å²) in [7, 11) is 0. The number of rotatable bonds is 5. The van der Waals surface area contributed by atoms with Gasteiger partial charge in [-0.25, -0.2) is 0 Å². The second kappa shape index (κ2) is 6.74. The van der Waals surface area contributed by atoms with Crippen LogP contribution in [0, 0.1) is 0 Å². The predicted molar refractivity (Wildman–Crippen MR) is 77.5 cm³/mol. The summed E-state index contributed by atoms with van der Waals surface area (Å²) < 4.78 is 5.51. The van der Waals surface area contributed by atoms with Gasteiger partial charge in [0, 0.05) is 5.57 Å². The monoisotopic (exact) mass is 254 g/mol. The Balaban J connectivity index is 2.22. The predicted octanol–water partition coefficient (Wildman–Crippen LogP) is 3.91. The molecule has 1 aromatic rings. The molecule has 0 aromatic heterocycles. The van der Waals surface area contributed by atoms with E-state index < -0.39 is 0 Å². The SMILES string of the molecule is CCOC(=Cc1ccccc1)C(=O)C1=CCC=CC1. The Morgan fingerprint density at radius 2 is 2.05 bits per heavy atom. The Morgan fingerprint density at radius 1 is 1.26 bits per heavy atom. The van der Waals surface area contributed by atoms with Gasteiger partial charge in [0.15, 0.2) is 5.76 Å². The highest BCUT2D eigenvalue weighted by Crippen LogP contribution is 2.18. The second-order valence-electron chi connectivity index (χ2n) is 4.32. The van der Waals surface area contributed by atoms with Crippen molar-refractivity contribution in [3.63, 3.8) is 0 Å². The van der Waals surface area contributed by atoms with Crippen molar-refractivity contribution in [2.45, 2.75) is 19.8 Å². The molecule has 0 aliphatic heterocycles. The first-order valence-electron chi connectivity index (χ1n) is 6.59. The largest absolute Gasteiger partial charge is 0.490 e. The van der Waals surface area contributed by atoms with Gasteiger partial charge in [-0.15, -0.1) is 0 Å². The first-order chi connectivity index (χ1) is 9.31. The molecule has 19 heavy (non-hydrogen) atoms. The number of allylic oxidation sites excluding steroid dienone is 4. The highest BCUT2D eigenvalue weighted by molar-refractivity contribution is 6.09. The Hall–Kier alpha value is -2.09. The lowest BCUT2D eigenvalue weighted by atomic mass is 10.00. The van der Waals surface area contributed by atoms with Crippen LogP contribution in [-0.4, -0.2) is 12.4 Å². The van der Waals surface area contributed by atoms with E-state index in [2.05, 4.69) is 6.08 Å². The van der Waals surface area contributed by atoms with Crippen molar-refractivity contribution in [1.82, 2.24) is 0 Å². The summed E-state index contributed by atoms with van der Waals surface area (Å²) in [5.74, 6) is 0.422. The van der Waals surface area contributed by atoms with Crippen LogP contribution < -0.4 is 0 Å². The van der Waals surface area contributed by atoms with Crippen molar-refractivity contribution >= 4 is 11.9 Å². The number of ether oxygens (including phenoxy) is 1. The molecule has 0 saturated carbocycles. The molecule has 2 nitrogen and oxygen atoms in total. The van der Waals surface area contributed by atoms with Gasteiger partial charge in [0.25, 0.3) is 0 Å². The van der Waals surface area contributed by atoms with Crippen LogP contribution in [0.25, 0.3) is 6.08 Å². The molecule has 0 heterocycles. The second-order valence-corrected chi connectivity index (χ2v) is 4.32. The molecule has 0 radical (unpaired) electrons. The van der Waals surface area contributed by atoms with Crippen molar-refractivity contribution in [2.75, 3.05) is 6.61 Å². The fourth-order valence-corrected chi connectivity index (χ4v) is 1.97. The fraction of sp³-hybridized carbons (Fsp3) is 0.235. The molecule has 0 atom stereocenters. The molecule has 2 heteroatoms. The van der Waals surface area contributed by atoms with Crippen LogP contribution in [0.4, 0.5) is 0 Å². The third kappa shape index (κ3) is 3.68. The molecule has 0 saturated heterocycles. The van der Waals surface area contributed by atoms with Crippen LogP contribution in [0.3, 0.4) is 0 Å². The summed E-state index contributed by atoms with van der Waals surface area (Å²) in [6.45, 7) is 2.38. The number of Topliss-reactive ketones (excluding diaryl/α,β-unsaturated/α-hetero) is 1. The topological polar surface area (TPSA) is 26.3 Å². The van der Waals surface area contributed by atoms with Gasteiger partial charge in [0.1, 0.15) is 0 Å². The van der Waals surface area contributed by atoms with E-state index in [1.54, 1.807) is 0 Å². The maximum Gasteiger partial charge on any atom is 0.223 e. The quantitative estimate of drug-likeness (QED) is 0.452. The number of hydrogen-bond acceptors (Lipinski definition) is 2. The molecule has 0 bridgehead atoms. The average Bonchev–Trinajstić information content (AvgIpc) is 2.48. The average molecular weight is 254 g/mol. The van der Waals surface area contributed by atoms with Gasteiger partial charge in [0.2, 0.25) is 5.78 Å². The maximum absolute atomic E-state index is 12.4. The van der Waals surface area contributed by atoms with E-state index in [0.29, 0.717) is 18.8 Å². The van der Waals surface area contributed by atoms with Gasteiger partial charge in [-0.2, -0.15) is 0 Å². The lowest BCUT2D eigenvalue weighted by molar-refractivity contribution is -0.115. The van der Waals surface area contributed by atoms with E-state index in [9.17, 15) is 4.79 Å². The minimum absolute atomic E-state index is 0.00458. The number of carbonyl (C=O) groups excluding carboxylic acids is 1. The number of ketones is 1. The van der Waals surface area contributed by atoms with Gasteiger partial charge in [0.05, 0.1) is 6.61 Å². The first kappa shape index (κ1) is 13.3. The van der Waals surface area contributed by atoms with E-state index in [-0.39, 0.29) is 5.78 Å². The molecule has 0 fully saturated rings. The molecular weight excluding hydrogens is 236 g/mol. The molecule has 1 aliphatic rings. The first-order valence-corrected chi connectivity index (χ1v) is 6.59. The molecule has 1 aromatic carbocycles. The van der Waals surface area contributed by atoms with Crippen LogP contribution in [0.1, 0.15) is 25.3 Å². The van der Waals surface area contributed by atoms with E-state index in [4.69, 9.17) is 4.74 Å². The van der Waals surface area contributed by atoms with Crippen LogP contribution >= 0.6 is 0 Å². The third-order valence-corrected chi connectivity index (χ3v) is 2.92. The molecular formula is C17H18O2. The molecule has 2 rings (SSSR count). The zero-order chi connectivity index (χ0) is 13.5. The highest BCUT2D eigenvalue weighted by atomic mass is 16.5. The van der Waals surface area contributed by atoms with Crippen LogP contribution in [0.5, 0.6) is 0 Å². The normalized spacial score (nSPS) is 15.0. The van der Waals surface area contributed by atoms with E-state index >= 15 is 0 Å². The molecule has 0 unspecified atom stereocenters. The molecule has 1 aliphatic carbocycles. The summed E-state index contributed by atoms with van der Waals surface area (Å²) in [4.78, 5) is 12.4. The zero-order valence-corrected chi connectivity index (χ0v) is 11.1. The number of hydrogen-bond donors (Lipinski definition) is 0.